The molecule has 0 saturated carbocycles. The summed E-state index contributed by atoms with van der Waals surface area (Å²) in [5.74, 6) is -0.194. The van der Waals surface area contributed by atoms with E-state index >= 15 is 0 Å². The van der Waals surface area contributed by atoms with Crippen molar-refractivity contribution in [1.29, 1.82) is 0 Å². The molecule has 0 spiro atoms. The van der Waals surface area contributed by atoms with Gasteiger partial charge in [-0.05, 0) is 0 Å². The first-order valence-electron chi connectivity index (χ1n) is 4.97. The summed E-state index contributed by atoms with van der Waals surface area (Å²) in [6, 6.07) is 0. The van der Waals surface area contributed by atoms with Crippen molar-refractivity contribution in [3.05, 3.63) is 21.6 Å². The summed E-state index contributed by atoms with van der Waals surface area (Å²) in [5, 5.41) is 17.1. The summed E-state index contributed by atoms with van der Waals surface area (Å²) in [6.45, 7) is 0.556. The summed E-state index contributed by atoms with van der Waals surface area (Å²) in [6.07, 6.45) is 2.49. The van der Waals surface area contributed by atoms with Crippen LogP contribution in [0.1, 0.15) is 14.8 Å². The van der Waals surface area contributed by atoms with Crippen LogP contribution in [0, 0.1) is 0 Å². The second-order valence-electron chi connectivity index (χ2n) is 3.09. The average Bonchev–Trinajstić information content (AvgIpc) is 2.99. The predicted octanol–water partition coefficient (Wildman–Crippen LogP) is 1.01. The minimum atomic E-state index is -0.194. The molecule has 0 atom stereocenters. The summed E-state index contributed by atoms with van der Waals surface area (Å²) in [5.41, 5.74) is 0. The Balaban J connectivity index is 1.81. The molecular weight excluding hydrogens is 258 g/mol. The lowest BCUT2D eigenvalue weighted by Gasteiger charge is -1.99. The Bertz CT molecular complexity index is 481. The van der Waals surface area contributed by atoms with E-state index in [1.165, 1.54) is 11.3 Å². The third-order valence-electron chi connectivity index (χ3n) is 1.94. The molecule has 2 N–H and O–H groups in total. The van der Waals surface area contributed by atoms with Crippen molar-refractivity contribution in [2.24, 2.45) is 0 Å². The maximum Gasteiger partial charge on any atom is 0.282 e. The van der Waals surface area contributed by atoms with E-state index in [4.69, 9.17) is 0 Å². The molecular formula is C9H11N5OS2. The smallest absolute Gasteiger partial charge is 0.282 e. The summed E-state index contributed by atoms with van der Waals surface area (Å²) < 4.78 is 0. The van der Waals surface area contributed by atoms with E-state index in [0.717, 1.165) is 11.4 Å². The molecule has 0 fully saturated rings. The van der Waals surface area contributed by atoms with Crippen LogP contribution in [0.15, 0.2) is 11.6 Å². The van der Waals surface area contributed by atoms with Gasteiger partial charge in [0, 0.05) is 31.6 Å². The molecule has 6 nitrogen and oxygen atoms in total. The van der Waals surface area contributed by atoms with E-state index in [1.807, 2.05) is 5.38 Å². The Kier molecular flexibility index (Phi) is 3.99. The van der Waals surface area contributed by atoms with Gasteiger partial charge >= 0.3 is 0 Å². The van der Waals surface area contributed by atoms with Crippen LogP contribution in [0.5, 0.6) is 0 Å². The van der Waals surface area contributed by atoms with E-state index in [0.29, 0.717) is 16.7 Å². The topological polar surface area (TPSA) is 79.8 Å². The Morgan fingerprint density at radius 3 is 3.00 bits per heavy atom. The van der Waals surface area contributed by atoms with Crippen LogP contribution < -0.4 is 10.6 Å². The zero-order valence-electron chi connectivity index (χ0n) is 9.14. The number of anilines is 1. The Labute approximate surface area is 106 Å². The van der Waals surface area contributed by atoms with Crippen LogP contribution in [0.2, 0.25) is 0 Å². The number of hydrogen-bond donors (Lipinski definition) is 2. The molecule has 0 aliphatic heterocycles. The monoisotopic (exact) mass is 269 g/mol. The number of aromatic nitrogens is 3. The maximum absolute atomic E-state index is 11.7. The molecule has 2 aromatic heterocycles. The van der Waals surface area contributed by atoms with Gasteiger partial charge < -0.3 is 10.6 Å². The number of amides is 1. The molecule has 17 heavy (non-hydrogen) atoms. The van der Waals surface area contributed by atoms with E-state index in [1.54, 1.807) is 24.6 Å². The van der Waals surface area contributed by atoms with Crippen LogP contribution in [0.4, 0.5) is 5.13 Å². The molecule has 2 heterocycles. The number of rotatable bonds is 5. The first-order chi connectivity index (χ1) is 8.29. The molecule has 0 unspecified atom stereocenters. The molecule has 0 aromatic carbocycles. The Morgan fingerprint density at radius 2 is 2.35 bits per heavy atom. The number of carbonyl (C=O) groups is 1. The van der Waals surface area contributed by atoms with Gasteiger partial charge in [0.1, 0.15) is 0 Å². The average molecular weight is 269 g/mol. The van der Waals surface area contributed by atoms with Gasteiger partial charge in [0.25, 0.3) is 5.91 Å². The number of nitrogens with zero attached hydrogens (tertiary/aromatic N) is 3. The Hall–Kier alpha value is -1.54. The minimum Gasteiger partial charge on any atom is -0.363 e. The zero-order valence-corrected chi connectivity index (χ0v) is 10.8. The number of thiazole rings is 1. The highest BCUT2D eigenvalue weighted by atomic mass is 32.1. The van der Waals surface area contributed by atoms with Crippen molar-refractivity contribution in [3.63, 3.8) is 0 Å². The van der Waals surface area contributed by atoms with Crippen molar-refractivity contribution >= 4 is 33.7 Å². The fourth-order valence-corrected chi connectivity index (χ4v) is 2.38. The van der Waals surface area contributed by atoms with Crippen LogP contribution in [-0.2, 0) is 6.42 Å². The number of carbonyl (C=O) groups excluding carboxylic acids is 1. The Morgan fingerprint density at radius 1 is 1.47 bits per heavy atom. The largest absolute Gasteiger partial charge is 0.363 e. The molecule has 0 bridgehead atoms. The fraction of sp³-hybridized carbons (Fsp3) is 0.333. The molecule has 0 aliphatic rings. The van der Waals surface area contributed by atoms with Crippen molar-refractivity contribution < 1.29 is 4.79 Å². The van der Waals surface area contributed by atoms with E-state index in [-0.39, 0.29) is 5.91 Å². The normalized spacial score (nSPS) is 10.2. The van der Waals surface area contributed by atoms with Crippen molar-refractivity contribution in [1.82, 2.24) is 20.5 Å². The van der Waals surface area contributed by atoms with Crippen LogP contribution in [-0.4, -0.2) is 34.7 Å². The molecule has 1 amide bonds. The van der Waals surface area contributed by atoms with Gasteiger partial charge in [0.2, 0.25) is 10.1 Å². The molecule has 0 aliphatic carbocycles. The van der Waals surface area contributed by atoms with E-state index in [9.17, 15) is 4.79 Å². The first-order valence-corrected chi connectivity index (χ1v) is 6.67. The molecule has 0 saturated heterocycles. The lowest BCUT2D eigenvalue weighted by atomic mass is 10.4. The lowest BCUT2D eigenvalue weighted by molar-refractivity contribution is 0.0953. The molecule has 2 rings (SSSR count). The molecule has 0 radical (unpaired) electrons. The third kappa shape index (κ3) is 3.21. The van der Waals surface area contributed by atoms with Gasteiger partial charge in [0.05, 0.1) is 5.01 Å². The lowest BCUT2D eigenvalue weighted by Crippen LogP contribution is -2.25. The summed E-state index contributed by atoms with van der Waals surface area (Å²) in [7, 11) is 1.74. The highest BCUT2D eigenvalue weighted by Crippen LogP contribution is 2.13. The zero-order chi connectivity index (χ0) is 12.1. The van der Waals surface area contributed by atoms with Crippen LogP contribution in [0.3, 0.4) is 0 Å². The quantitative estimate of drug-likeness (QED) is 0.846. The van der Waals surface area contributed by atoms with Gasteiger partial charge in [-0.1, -0.05) is 11.3 Å². The van der Waals surface area contributed by atoms with E-state index in [2.05, 4.69) is 25.8 Å². The number of hydrogen-bond acceptors (Lipinski definition) is 7. The van der Waals surface area contributed by atoms with Gasteiger partial charge in [-0.3, -0.25) is 4.79 Å². The van der Waals surface area contributed by atoms with Crippen molar-refractivity contribution in [2.75, 3.05) is 18.9 Å². The second-order valence-corrected chi connectivity index (χ2v) is 5.05. The third-order valence-corrected chi connectivity index (χ3v) is 3.72. The molecule has 2 aromatic rings. The fourth-order valence-electron chi connectivity index (χ4n) is 1.15. The molecule has 90 valence electrons. The van der Waals surface area contributed by atoms with Crippen LogP contribution in [0.25, 0.3) is 0 Å². The van der Waals surface area contributed by atoms with Gasteiger partial charge in [-0.15, -0.1) is 21.5 Å². The highest BCUT2D eigenvalue weighted by Gasteiger charge is 2.11. The second kappa shape index (κ2) is 5.69. The number of nitrogens with one attached hydrogen (secondary N) is 2. The van der Waals surface area contributed by atoms with Gasteiger partial charge in [-0.2, -0.15) is 0 Å². The van der Waals surface area contributed by atoms with Crippen molar-refractivity contribution in [2.45, 2.75) is 6.42 Å². The van der Waals surface area contributed by atoms with Crippen LogP contribution >= 0.6 is 22.7 Å². The summed E-state index contributed by atoms with van der Waals surface area (Å²) >= 11 is 2.81. The van der Waals surface area contributed by atoms with E-state index < -0.39 is 0 Å². The van der Waals surface area contributed by atoms with Crippen molar-refractivity contribution in [3.8, 4) is 0 Å². The SMILES string of the molecule is CNc1nnc(C(=O)NCCc2nccs2)s1. The van der Waals surface area contributed by atoms with Gasteiger partial charge in [-0.25, -0.2) is 4.98 Å². The standard InChI is InChI=1S/C9H11N5OS2/c1-10-9-14-13-8(17-9)7(15)12-3-2-6-11-4-5-16-6/h4-5H,2-3H2,1H3,(H,10,14)(H,12,15). The first kappa shape index (κ1) is 11.9. The minimum absolute atomic E-state index is 0.194. The maximum atomic E-state index is 11.7. The predicted molar refractivity (Wildman–Crippen MR) is 67.6 cm³/mol. The summed E-state index contributed by atoms with van der Waals surface area (Å²) in [4.78, 5) is 15.8. The molecule has 8 heteroatoms. The van der Waals surface area contributed by atoms with Gasteiger partial charge in [0.15, 0.2) is 0 Å². The highest BCUT2D eigenvalue weighted by molar-refractivity contribution is 7.17.